The van der Waals surface area contributed by atoms with Crippen LogP contribution in [0, 0.1) is 0 Å². The first-order valence-corrected chi connectivity index (χ1v) is 13.4. The molecule has 12 nitrogen and oxygen atoms in total. The van der Waals surface area contributed by atoms with Gasteiger partial charge in [-0.25, -0.2) is 18.2 Å². The van der Waals surface area contributed by atoms with Crippen molar-refractivity contribution in [3.05, 3.63) is 66.5 Å². The molecule has 3 aromatic rings. The number of anilines is 1. The molecule has 200 valence electrons. The molecule has 38 heavy (non-hydrogen) atoms. The van der Waals surface area contributed by atoms with Crippen molar-refractivity contribution in [3.63, 3.8) is 0 Å². The molecule has 0 aliphatic carbocycles. The van der Waals surface area contributed by atoms with Crippen LogP contribution < -0.4 is 15.8 Å². The summed E-state index contributed by atoms with van der Waals surface area (Å²) in [5.41, 5.74) is 5.61. The van der Waals surface area contributed by atoms with Gasteiger partial charge in [-0.2, -0.15) is 4.72 Å². The Balaban J connectivity index is 1.56. The van der Waals surface area contributed by atoms with Crippen molar-refractivity contribution in [1.82, 2.24) is 20.0 Å². The summed E-state index contributed by atoms with van der Waals surface area (Å²) < 4.78 is 28.9. The Hall–Kier alpha value is -4.23. The van der Waals surface area contributed by atoms with Crippen LogP contribution in [0.5, 0.6) is 0 Å². The number of aliphatic carboxylic acids is 1. The third-order valence-corrected chi connectivity index (χ3v) is 7.53. The number of carboxylic acid groups (broad SMARTS) is 1. The molecule has 1 aliphatic heterocycles. The summed E-state index contributed by atoms with van der Waals surface area (Å²) in [5, 5.41) is 16.2. The molecule has 0 bridgehead atoms. The molecule has 0 radical (unpaired) electrons. The van der Waals surface area contributed by atoms with E-state index in [1.807, 2.05) is 30.3 Å². The van der Waals surface area contributed by atoms with Gasteiger partial charge in [0, 0.05) is 12.6 Å². The predicted octanol–water partition coefficient (Wildman–Crippen LogP) is 2.02. The number of aromatic nitrogens is 2. The van der Waals surface area contributed by atoms with Gasteiger partial charge < -0.3 is 26.0 Å². The Morgan fingerprint density at radius 2 is 1.79 bits per heavy atom. The van der Waals surface area contributed by atoms with Crippen LogP contribution in [-0.2, 0) is 30.9 Å². The number of unbranched alkanes of at least 4 members (excludes halogenated alkanes) is 1. The van der Waals surface area contributed by atoms with E-state index >= 15 is 0 Å². The SMILES string of the molecule is Nc1nc(CCCCC(NC(=O)C2=NOCC2)(NS(=O)(=O)c2ccc(-c3ccccc3)cc2)C(=O)O)c[nH]1. The number of carbonyl (C=O) groups is 2. The molecule has 0 saturated heterocycles. The van der Waals surface area contributed by atoms with Crippen LogP contribution in [0.2, 0.25) is 0 Å². The van der Waals surface area contributed by atoms with E-state index in [1.165, 1.54) is 12.1 Å². The fourth-order valence-electron chi connectivity index (χ4n) is 4.02. The molecule has 1 amide bonds. The molecule has 2 heterocycles. The second-order valence-corrected chi connectivity index (χ2v) is 10.4. The minimum absolute atomic E-state index is 0.0194. The highest BCUT2D eigenvalue weighted by Crippen LogP contribution is 2.23. The normalized spacial score (nSPS) is 14.8. The summed E-state index contributed by atoms with van der Waals surface area (Å²) in [6.45, 7) is 0.176. The third-order valence-electron chi connectivity index (χ3n) is 6.02. The van der Waals surface area contributed by atoms with Gasteiger partial charge in [0.25, 0.3) is 5.91 Å². The quantitative estimate of drug-likeness (QED) is 0.170. The summed E-state index contributed by atoms with van der Waals surface area (Å²) in [6, 6.07) is 15.4. The van der Waals surface area contributed by atoms with Gasteiger partial charge in [0.2, 0.25) is 15.7 Å². The van der Waals surface area contributed by atoms with Crippen molar-refractivity contribution in [2.24, 2.45) is 5.16 Å². The number of oxime groups is 1. The summed E-state index contributed by atoms with van der Waals surface area (Å²) >= 11 is 0. The molecule has 2 aromatic carbocycles. The van der Waals surface area contributed by atoms with Gasteiger partial charge in [0.1, 0.15) is 12.3 Å². The molecule has 0 fully saturated rings. The van der Waals surface area contributed by atoms with E-state index in [0.29, 0.717) is 18.5 Å². The van der Waals surface area contributed by atoms with E-state index in [0.717, 1.165) is 11.1 Å². The lowest BCUT2D eigenvalue weighted by molar-refractivity contribution is -0.148. The van der Waals surface area contributed by atoms with Crippen LogP contribution >= 0.6 is 0 Å². The molecule has 4 rings (SSSR count). The summed E-state index contributed by atoms with van der Waals surface area (Å²) in [7, 11) is -4.37. The number of benzene rings is 2. The van der Waals surface area contributed by atoms with Gasteiger partial charge in [-0.15, -0.1) is 0 Å². The third kappa shape index (κ3) is 6.36. The van der Waals surface area contributed by atoms with Crippen LogP contribution in [0.3, 0.4) is 0 Å². The fraction of sp³-hybridized carbons (Fsp3) is 0.280. The van der Waals surface area contributed by atoms with Crippen LogP contribution in [-0.4, -0.2) is 53.4 Å². The molecule has 1 unspecified atom stereocenters. The monoisotopic (exact) mass is 540 g/mol. The Kier molecular flexibility index (Phi) is 8.08. The molecule has 6 N–H and O–H groups in total. The van der Waals surface area contributed by atoms with Crippen molar-refractivity contribution < 1.29 is 28.0 Å². The Morgan fingerprint density at radius 3 is 2.39 bits per heavy atom. The zero-order chi connectivity index (χ0) is 27.2. The second-order valence-electron chi connectivity index (χ2n) is 8.77. The van der Waals surface area contributed by atoms with Crippen molar-refractivity contribution in [3.8, 4) is 11.1 Å². The van der Waals surface area contributed by atoms with E-state index < -0.39 is 27.6 Å². The minimum atomic E-state index is -4.37. The maximum atomic E-state index is 13.4. The Labute approximate surface area is 219 Å². The maximum absolute atomic E-state index is 13.4. The van der Waals surface area contributed by atoms with E-state index in [1.54, 1.807) is 18.3 Å². The van der Waals surface area contributed by atoms with E-state index in [4.69, 9.17) is 10.6 Å². The van der Waals surface area contributed by atoms with Gasteiger partial charge in [0.15, 0.2) is 5.95 Å². The zero-order valence-corrected chi connectivity index (χ0v) is 21.2. The number of nitrogens with two attached hydrogens (primary N) is 1. The number of nitrogen functional groups attached to an aromatic ring is 1. The number of nitrogens with one attached hydrogen (secondary N) is 3. The number of hydrogen-bond donors (Lipinski definition) is 5. The first kappa shape index (κ1) is 26.8. The fourth-order valence-corrected chi connectivity index (χ4v) is 5.33. The number of nitrogens with zero attached hydrogens (tertiary/aromatic N) is 2. The molecule has 0 spiro atoms. The first-order chi connectivity index (χ1) is 18.2. The van der Waals surface area contributed by atoms with Crippen LogP contribution in [0.4, 0.5) is 5.95 Å². The Bertz CT molecular complexity index is 1420. The van der Waals surface area contributed by atoms with Gasteiger partial charge >= 0.3 is 5.97 Å². The lowest BCUT2D eigenvalue weighted by atomic mass is 10.0. The maximum Gasteiger partial charge on any atom is 0.345 e. The molecular weight excluding hydrogens is 512 g/mol. The lowest BCUT2D eigenvalue weighted by Crippen LogP contribution is -2.66. The molecular formula is C25H28N6O6S. The topological polar surface area (TPSA) is 189 Å². The average Bonchev–Trinajstić information content (AvgIpc) is 3.59. The first-order valence-electron chi connectivity index (χ1n) is 11.9. The molecule has 1 atom stereocenters. The highest BCUT2D eigenvalue weighted by atomic mass is 32.2. The number of imidazole rings is 1. The molecule has 1 aromatic heterocycles. The minimum Gasteiger partial charge on any atom is -0.478 e. The number of rotatable bonds is 12. The standard InChI is InChI=1S/C25H28N6O6S/c26-24-27-16-19(28-24)8-4-5-14-25(23(33)34,29-22(32)21-13-15-37-30-21)31-38(35,36)20-11-9-18(10-12-20)17-6-2-1-3-7-17/h1-3,6-7,9-12,16,31H,4-5,8,13-15H2,(H,29,32)(H,33,34)(H3,26,27,28). The van der Waals surface area contributed by atoms with Crippen LogP contribution in [0.1, 0.15) is 31.4 Å². The number of aryl methyl sites for hydroxylation is 1. The molecule has 13 heteroatoms. The summed E-state index contributed by atoms with van der Waals surface area (Å²) in [4.78, 5) is 36.9. The number of aromatic amines is 1. The zero-order valence-electron chi connectivity index (χ0n) is 20.4. The van der Waals surface area contributed by atoms with Gasteiger partial charge in [-0.1, -0.05) is 47.6 Å². The summed E-state index contributed by atoms with van der Waals surface area (Å²) in [6.07, 6.45) is 2.77. The van der Waals surface area contributed by atoms with E-state index in [-0.39, 0.29) is 42.4 Å². The largest absolute Gasteiger partial charge is 0.478 e. The highest BCUT2D eigenvalue weighted by Gasteiger charge is 2.44. The Morgan fingerprint density at radius 1 is 1.08 bits per heavy atom. The number of carbonyl (C=O) groups excluding carboxylic acids is 1. The highest BCUT2D eigenvalue weighted by molar-refractivity contribution is 7.89. The van der Waals surface area contributed by atoms with Crippen LogP contribution in [0.25, 0.3) is 11.1 Å². The smallest absolute Gasteiger partial charge is 0.345 e. The average molecular weight is 541 g/mol. The number of amides is 1. The predicted molar refractivity (Wildman–Crippen MR) is 139 cm³/mol. The molecule has 0 saturated carbocycles. The number of sulfonamides is 1. The number of H-pyrrole nitrogens is 1. The van der Waals surface area contributed by atoms with Crippen molar-refractivity contribution in [2.75, 3.05) is 12.3 Å². The van der Waals surface area contributed by atoms with E-state index in [2.05, 4.69) is 25.2 Å². The van der Waals surface area contributed by atoms with Crippen LogP contribution in [0.15, 0.2) is 70.8 Å². The lowest BCUT2D eigenvalue weighted by Gasteiger charge is -2.31. The van der Waals surface area contributed by atoms with Gasteiger partial charge in [-0.05, 0) is 48.9 Å². The number of hydrogen-bond acceptors (Lipinski definition) is 8. The second kappa shape index (κ2) is 11.4. The number of carboxylic acids is 1. The van der Waals surface area contributed by atoms with Crippen molar-refractivity contribution in [1.29, 1.82) is 0 Å². The van der Waals surface area contributed by atoms with Crippen molar-refractivity contribution >= 4 is 33.6 Å². The van der Waals surface area contributed by atoms with Gasteiger partial charge in [-0.3, -0.25) is 4.79 Å². The molecule has 1 aliphatic rings. The van der Waals surface area contributed by atoms with E-state index in [9.17, 15) is 23.1 Å². The summed E-state index contributed by atoms with van der Waals surface area (Å²) in [5.74, 6) is -2.12. The van der Waals surface area contributed by atoms with Crippen molar-refractivity contribution in [2.45, 2.75) is 42.7 Å². The van der Waals surface area contributed by atoms with Gasteiger partial charge in [0.05, 0.1) is 10.6 Å².